The first kappa shape index (κ1) is 52.6. The minimum absolute atomic E-state index is 0.0981. The number of carbonyl (C=O) groups is 2. The number of aliphatic hydroxyl groups is 5. The average Bonchev–Trinajstić information content (AvgIpc) is 3.18. The van der Waals surface area contributed by atoms with Gasteiger partial charge in [-0.05, 0) is 32.1 Å². The van der Waals surface area contributed by atoms with E-state index in [-0.39, 0.29) is 12.8 Å². The fraction of sp³-hybridized carbons (Fsp3) is 0.905. The molecule has 0 saturated heterocycles. The topological polar surface area (TPSA) is 210 Å². The first-order valence-electron chi connectivity index (χ1n) is 22.0. The van der Waals surface area contributed by atoms with E-state index in [1.165, 1.54) is 96.3 Å². The van der Waals surface area contributed by atoms with Crippen LogP contribution in [0.25, 0.3) is 0 Å². The minimum atomic E-state index is -5.11. The molecule has 1 fully saturated rings. The molecule has 0 heterocycles. The number of rotatable bonds is 36. The molecule has 14 heteroatoms. The van der Waals surface area contributed by atoms with Gasteiger partial charge in [0, 0.05) is 12.8 Å². The van der Waals surface area contributed by atoms with Gasteiger partial charge in [-0.15, -0.1) is 0 Å². The third-order valence-electron chi connectivity index (χ3n) is 10.4. The molecule has 330 valence electrons. The molecule has 0 bridgehead atoms. The van der Waals surface area contributed by atoms with Gasteiger partial charge in [-0.1, -0.05) is 154 Å². The van der Waals surface area contributed by atoms with Crippen LogP contribution in [0.15, 0.2) is 12.2 Å². The highest BCUT2D eigenvalue weighted by molar-refractivity contribution is 7.47. The third-order valence-corrected chi connectivity index (χ3v) is 11.3. The summed E-state index contributed by atoms with van der Waals surface area (Å²) in [7, 11) is -5.11. The van der Waals surface area contributed by atoms with Crippen LogP contribution in [0.4, 0.5) is 0 Å². The summed E-state index contributed by atoms with van der Waals surface area (Å²) in [5.41, 5.74) is 0. The van der Waals surface area contributed by atoms with Crippen molar-refractivity contribution in [3.63, 3.8) is 0 Å². The Kier molecular flexibility index (Phi) is 31.4. The molecule has 8 atom stereocenters. The van der Waals surface area contributed by atoms with E-state index in [0.717, 1.165) is 51.4 Å². The lowest BCUT2D eigenvalue weighted by Crippen LogP contribution is -2.64. The predicted molar refractivity (Wildman–Crippen MR) is 217 cm³/mol. The van der Waals surface area contributed by atoms with Crippen molar-refractivity contribution < 1.29 is 63.1 Å². The zero-order chi connectivity index (χ0) is 41.4. The summed E-state index contributed by atoms with van der Waals surface area (Å²) in [6.07, 6.45) is 19.8. The van der Waals surface area contributed by atoms with Crippen LogP contribution in [0.3, 0.4) is 0 Å². The number of allylic oxidation sites excluding steroid dienone is 2. The summed E-state index contributed by atoms with van der Waals surface area (Å²) in [6.45, 7) is 3.26. The number of hydrogen-bond donors (Lipinski definition) is 6. The number of ether oxygens (including phenoxy) is 2. The van der Waals surface area contributed by atoms with Crippen LogP contribution < -0.4 is 0 Å². The maximum Gasteiger partial charge on any atom is 0.472 e. The van der Waals surface area contributed by atoms with Crippen molar-refractivity contribution in [2.45, 2.75) is 230 Å². The second kappa shape index (κ2) is 33.4. The van der Waals surface area contributed by atoms with E-state index in [2.05, 4.69) is 26.0 Å². The molecule has 0 aromatic heterocycles. The van der Waals surface area contributed by atoms with Gasteiger partial charge < -0.3 is 39.9 Å². The predicted octanol–water partition coefficient (Wildman–Crippen LogP) is 7.89. The molecule has 0 amide bonds. The largest absolute Gasteiger partial charge is 0.472 e. The van der Waals surface area contributed by atoms with Gasteiger partial charge >= 0.3 is 19.8 Å². The number of aliphatic hydroxyl groups excluding tert-OH is 5. The fourth-order valence-corrected chi connectivity index (χ4v) is 7.71. The van der Waals surface area contributed by atoms with Crippen LogP contribution in [-0.4, -0.2) is 98.3 Å². The fourth-order valence-electron chi connectivity index (χ4n) is 6.74. The highest BCUT2D eigenvalue weighted by Crippen LogP contribution is 2.47. The molecule has 13 nitrogen and oxygen atoms in total. The van der Waals surface area contributed by atoms with Gasteiger partial charge in [-0.2, -0.15) is 0 Å². The molecule has 1 rings (SSSR count). The molecule has 6 unspecified atom stereocenters. The van der Waals surface area contributed by atoms with Crippen LogP contribution in [0, 0.1) is 0 Å². The van der Waals surface area contributed by atoms with Gasteiger partial charge in [0.25, 0.3) is 0 Å². The Hall–Kier alpha value is -1.41. The normalized spacial score (nSPS) is 22.9. The smallest absolute Gasteiger partial charge is 0.462 e. The number of esters is 2. The van der Waals surface area contributed by atoms with Gasteiger partial charge in [-0.3, -0.25) is 18.6 Å². The highest BCUT2D eigenvalue weighted by atomic mass is 31.2. The molecule has 0 spiro atoms. The molecule has 1 aliphatic carbocycles. The van der Waals surface area contributed by atoms with Crippen molar-refractivity contribution in [2.75, 3.05) is 13.2 Å². The third kappa shape index (κ3) is 25.8. The Morgan fingerprint density at radius 2 is 0.929 bits per heavy atom. The number of hydrogen-bond acceptors (Lipinski definition) is 12. The molecule has 0 radical (unpaired) electrons. The standard InChI is InChI=1S/C42H79O13P/c1-3-5-7-9-11-13-15-17-18-19-21-23-25-27-29-31-36(44)54-34(32-52-35(43)30-28-26-24-22-20-16-14-12-10-8-6-4-2)33-53-56(50,51)55-42-40(48)38(46)37(45)39(47)41(42)49/h9,11,34,37-42,45-49H,3-8,10,12-33H2,1-2H3,(H,50,51)/b11-9+/t34-,37?,38+,39?,40?,41?,42?/m1/s1. The van der Waals surface area contributed by atoms with E-state index in [0.29, 0.717) is 12.8 Å². The van der Waals surface area contributed by atoms with Gasteiger partial charge in [0.05, 0.1) is 6.61 Å². The Morgan fingerprint density at radius 1 is 0.536 bits per heavy atom. The lowest BCUT2D eigenvalue weighted by atomic mass is 9.85. The Labute approximate surface area is 337 Å². The lowest BCUT2D eigenvalue weighted by molar-refractivity contribution is -0.220. The molecule has 0 aromatic rings. The lowest BCUT2D eigenvalue weighted by Gasteiger charge is -2.41. The molecule has 6 N–H and O–H groups in total. The maximum atomic E-state index is 12.8. The van der Waals surface area contributed by atoms with Crippen LogP contribution in [-0.2, 0) is 32.7 Å². The first-order chi connectivity index (χ1) is 26.9. The second-order valence-electron chi connectivity index (χ2n) is 15.6. The van der Waals surface area contributed by atoms with Crippen LogP contribution >= 0.6 is 7.82 Å². The molecule has 56 heavy (non-hydrogen) atoms. The van der Waals surface area contributed by atoms with Crippen molar-refractivity contribution in [3.8, 4) is 0 Å². The minimum Gasteiger partial charge on any atom is -0.462 e. The Balaban J connectivity index is 2.48. The van der Waals surface area contributed by atoms with E-state index >= 15 is 0 Å². The number of phosphoric ester groups is 1. The summed E-state index contributed by atoms with van der Waals surface area (Å²) in [5, 5.41) is 50.0. The Bertz CT molecular complexity index is 1040. The van der Waals surface area contributed by atoms with Crippen molar-refractivity contribution in [2.24, 2.45) is 0 Å². The molecule has 1 saturated carbocycles. The maximum absolute atomic E-state index is 12.8. The van der Waals surface area contributed by atoms with E-state index in [4.69, 9.17) is 18.5 Å². The summed E-state index contributed by atoms with van der Waals surface area (Å²) in [4.78, 5) is 35.6. The summed E-state index contributed by atoms with van der Waals surface area (Å²) < 4.78 is 33.5. The zero-order valence-electron chi connectivity index (χ0n) is 34.7. The molecular formula is C42H79O13P. The van der Waals surface area contributed by atoms with Crippen molar-refractivity contribution in [1.82, 2.24) is 0 Å². The molecule has 1 aliphatic rings. The highest BCUT2D eigenvalue weighted by Gasteiger charge is 2.51. The Morgan fingerprint density at radius 3 is 1.41 bits per heavy atom. The van der Waals surface area contributed by atoms with Gasteiger partial charge in [-0.25, -0.2) is 4.57 Å². The number of unbranched alkanes of at least 4 members (excludes halogenated alkanes) is 22. The summed E-state index contributed by atoms with van der Waals surface area (Å²) in [6, 6.07) is 0. The SMILES string of the molecule is CCCC/C=C/CCCCCCCCCCCC(=O)O[C@H](COC(=O)CCCCCCCCCCCCCC)COP(=O)(O)OC1C(O)C(O)C(O)[C@H](O)C1O. The summed E-state index contributed by atoms with van der Waals surface area (Å²) >= 11 is 0. The summed E-state index contributed by atoms with van der Waals surface area (Å²) in [5.74, 6) is -1.10. The number of phosphoric acid groups is 1. The van der Waals surface area contributed by atoms with Crippen LogP contribution in [0.5, 0.6) is 0 Å². The van der Waals surface area contributed by atoms with E-state index in [1.54, 1.807) is 0 Å². The molecular weight excluding hydrogens is 743 g/mol. The second-order valence-corrected chi connectivity index (χ2v) is 17.0. The van der Waals surface area contributed by atoms with E-state index in [9.17, 15) is 44.6 Å². The van der Waals surface area contributed by atoms with Crippen LogP contribution in [0.1, 0.15) is 187 Å². The first-order valence-corrected chi connectivity index (χ1v) is 23.5. The average molecular weight is 823 g/mol. The zero-order valence-corrected chi connectivity index (χ0v) is 35.6. The van der Waals surface area contributed by atoms with E-state index in [1.807, 2.05) is 0 Å². The van der Waals surface area contributed by atoms with E-state index < -0.39 is 75.7 Å². The monoisotopic (exact) mass is 823 g/mol. The van der Waals surface area contributed by atoms with Crippen molar-refractivity contribution in [1.29, 1.82) is 0 Å². The quantitative estimate of drug-likeness (QED) is 0.0154. The number of carbonyl (C=O) groups excluding carboxylic acids is 2. The van der Waals surface area contributed by atoms with Crippen LogP contribution in [0.2, 0.25) is 0 Å². The molecule has 0 aliphatic heterocycles. The van der Waals surface area contributed by atoms with Gasteiger partial charge in [0.2, 0.25) is 0 Å². The van der Waals surface area contributed by atoms with Crippen molar-refractivity contribution in [3.05, 3.63) is 12.2 Å². The van der Waals surface area contributed by atoms with Crippen molar-refractivity contribution >= 4 is 19.8 Å². The van der Waals surface area contributed by atoms with Gasteiger partial charge in [0.15, 0.2) is 6.10 Å². The van der Waals surface area contributed by atoms with Gasteiger partial charge in [0.1, 0.15) is 43.2 Å². The molecule has 0 aromatic carbocycles.